The first-order valence-corrected chi connectivity index (χ1v) is 10.7. The molecule has 28 heavy (non-hydrogen) atoms. The number of aromatic nitrogens is 2. The molecule has 148 valence electrons. The summed E-state index contributed by atoms with van der Waals surface area (Å²) in [6, 6.07) is 6.63. The number of carbonyl (C=O) groups excluding carboxylic acids is 2. The Labute approximate surface area is 163 Å². The van der Waals surface area contributed by atoms with Crippen molar-refractivity contribution in [2.45, 2.75) is 12.5 Å². The zero-order chi connectivity index (χ0) is 20.1. The van der Waals surface area contributed by atoms with E-state index in [1.807, 2.05) is 37.5 Å². The van der Waals surface area contributed by atoms with E-state index in [2.05, 4.69) is 5.10 Å². The minimum atomic E-state index is -3.69. The van der Waals surface area contributed by atoms with Gasteiger partial charge in [0.05, 0.1) is 25.5 Å². The van der Waals surface area contributed by atoms with Gasteiger partial charge in [0, 0.05) is 32.3 Å². The zero-order valence-electron chi connectivity index (χ0n) is 15.6. The molecule has 0 saturated carbocycles. The highest BCUT2D eigenvalue weighted by atomic mass is 32.2. The van der Waals surface area contributed by atoms with Crippen molar-refractivity contribution in [1.29, 1.82) is 0 Å². The van der Waals surface area contributed by atoms with E-state index in [-0.39, 0.29) is 19.0 Å². The summed E-state index contributed by atoms with van der Waals surface area (Å²) in [4.78, 5) is 28.1. The van der Waals surface area contributed by atoms with Gasteiger partial charge in [-0.2, -0.15) is 5.10 Å². The molecule has 1 fully saturated rings. The van der Waals surface area contributed by atoms with Crippen molar-refractivity contribution >= 4 is 22.1 Å². The van der Waals surface area contributed by atoms with E-state index in [0.717, 1.165) is 32.2 Å². The monoisotopic (exact) mass is 403 g/mol. The quantitative estimate of drug-likeness (QED) is 0.750. The lowest BCUT2D eigenvalue weighted by molar-refractivity contribution is 0.154. The lowest BCUT2D eigenvalue weighted by Gasteiger charge is -2.36. The molecule has 1 aromatic heterocycles. The van der Waals surface area contributed by atoms with Crippen molar-refractivity contribution in [2.75, 3.05) is 25.9 Å². The van der Waals surface area contributed by atoms with Crippen molar-refractivity contribution in [3.05, 3.63) is 53.3 Å². The first-order valence-electron chi connectivity index (χ1n) is 8.90. The van der Waals surface area contributed by atoms with Gasteiger partial charge in [-0.25, -0.2) is 27.2 Å². The molecule has 0 radical (unpaired) electrons. The number of nitrogens with zero attached hydrogens (tertiary/aromatic N) is 5. The summed E-state index contributed by atoms with van der Waals surface area (Å²) >= 11 is 0. The summed E-state index contributed by atoms with van der Waals surface area (Å²) in [7, 11) is -1.85. The fourth-order valence-electron chi connectivity index (χ4n) is 3.83. The Balaban J connectivity index is 1.63. The number of amides is 4. The van der Waals surface area contributed by atoms with Gasteiger partial charge in [0.2, 0.25) is 10.0 Å². The van der Waals surface area contributed by atoms with Crippen molar-refractivity contribution in [3.63, 3.8) is 0 Å². The molecule has 9 nitrogen and oxygen atoms in total. The second kappa shape index (κ2) is 6.62. The third-order valence-electron chi connectivity index (χ3n) is 5.19. The molecule has 3 heterocycles. The first-order chi connectivity index (χ1) is 13.3. The van der Waals surface area contributed by atoms with E-state index >= 15 is 0 Å². The van der Waals surface area contributed by atoms with Crippen LogP contribution in [0.2, 0.25) is 0 Å². The van der Waals surface area contributed by atoms with Gasteiger partial charge in [0.1, 0.15) is 0 Å². The molecule has 2 aliphatic rings. The summed E-state index contributed by atoms with van der Waals surface area (Å²) in [6.45, 7) is 0.804. The Morgan fingerprint density at radius 2 is 1.96 bits per heavy atom. The Hall–Kier alpha value is -2.88. The largest absolute Gasteiger partial charge is 0.341 e. The van der Waals surface area contributed by atoms with E-state index in [9.17, 15) is 18.0 Å². The van der Waals surface area contributed by atoms with Gasteiger partial charge >= 0.3 is 12.1 Å². The third-order valence-corrected chi connectivity index (χ3v) is 6.33. The summed E-state index contributed by atoms with van der Waals surface area (Å²) in [5.41, 5.74) is 3.12. The molecule has 0 bridgehead atoms. The van der Waals surface area contributed by atoms with Crippen LogP contribution in [0.1, 0.15) is 22.6 Å². The standard InChI is InChI=1S/C18H21N5O4S/c1-20-10-14(9-19-20)16-12-21(11-13-5-3-4-6-15(13)16)17(24)22-7-8-23(18(22)25)28(2,26)27/h3-6,9-10,16H,7-8,11-12H2,1-2H3. The maximum atomic E-state index is 13.1. The highest BCUT2D eigenvalue weighted by molar-refractivity contribution is 7.88. The molecule has 0 spiro atoms. The van der Waals surface area contributed by atoms with Crippen LogP contribution in [0.15, 0.2) is 36.7 Å². The molecular formula is C18H21N5O4S. The van der Waals surface area contributed by atoms with Gasteiger partial charge in [-0.1, -0.05) is 24.3 Å². The fraction of sp³-hybridized carbons (Fsp3) is 0.389. The Morgan fingerprint density at radius 1 is 1.21 bits per heavy atom. The van der Waals surface area contributed by atoms with Gasteiger partial charge in [0.25, 0.3) is 0 Å². The topological polar surface area (TPSA) is 95.8 Å². The molecule has 2 aromatic rings. The normalized spacial score (nSPS) is 19.9. The second-order valence-electron chi connectivity index (χ2n) is 7.13. The summed E-state index contributed by atoms with van der Waals surface area (Å²) in [5.74, 6) is -0.0636. The van der Waals surface area contributed by atoms with Gasteiger partial charge in [0.15, 0.2) is 0 Å². The van der Waals surface area contributed by atoms with Crippen molar-refractivity contribution in [1.82, 2.24) is 23.9 Å². The van der Waals surface area contributed by atoms with Crippen LogP contribution in [-0.4, -0.2) is 70.3 Å². The summed E-state index contributed by atoms with van der Waals surface area (Å²) < 4.78 is 25.9. The highest BCUT2D eigenvalue weighted by Crippen LogP contribution is 2.34. The second-order valence-corrected chi connectivity index (χ2v) is 9.04. The molecule has 1 unspecified atom stereocenters. The summed E-state index contributed by atoms with van der Waals surface area (Å²) in [5, 5.41) is 4.24. The van der Waals surface area contributed by atoms with Crippen molar-refractivity contribution in [3.8, 4) is 0 Å². The van der Waals surface area contributed by atoms with Crippen LogP contribution in [-0.2, 0) is 23.6 Å². The van der Waals surface area contributed by atoms with Gasteiger partial charge in [-0.3, -0.25) is 4.68 Å². The summed E-state index contributed by atoms with van der Waals surface area (Å²) in [6.07, 6.45) is 4.66. The average molecular weight is 403 g/mol. The molecule has 10 heteroatoms. The molecule has 4 rings (SSSR count). The van der Waals surface area contributed by atoms with Gasteiger partial charge in [-0.15, -0.1) is 0 Å². The number of carbonyl (C=O) groups is 2. The Kier molecular flexibility index (Phi) is 4.37. The van der Waals surface area contributed by atoms with Crippen LogP contribution in [0.25, 0.3) is 0 Å². The number of sulfonamides is 1. The minimum Gasteiger partial charge on any atom is -0.319 e. The molecule has 1 atom stereocenters. The van der Waals surface area contributed by atoms with Gasteiger partial charge in [-0.05, 0) is 16.7 Å². The predicted octanol–water partition coefficient (Wildman–Crippen LogP) is 1.18. The van der Waals surface area contributed by atoms with Crippen molar-refractivity contribution in [2.24, 2.45) is 7.05 Å². The molecule has 0 aliphatic carbocycles. The van der Waals surface area contributed by atoms with E-state index in [4.69, 9.17) is 0 Å². The fourth-order valence-corrected chi connectivity index (χ4v) is 4.63. The Bertz CT molecular complexity index is 1050. The molecule has 2 aliphatic heterocycles. The van der Waals surface area contributed by atoms with E-state index in [0.29, 0.717) is 13.1 Å². The Morgan fingerprint density at radius 3 is 2.61 bits per heavy atom. The van der Waals surface area contributed by atoms with Crippen LogP contribution in [0.4, 0.5) is 9.59 Å². The maximum Gasteiger partial charge on any atom is 0.341 e. The molecule has 0 N–H and O–H groups in total. The smallest absolute Gasteiger partial charge is 0.319 e. The number of hydrogen-bond donors (Lipinski definition) is 0. The number of benzene rings is 1. The highest BCUT2D eigenvalue weighted by Gasteiger charge is 2.41. The molecule has 4 amide bonds. The molecular weight excluding hydrogens is 382 g/mol. The van der Waals surface area contributed by atoms with Gasteiger partial charge < -0.3 is 4.90 Å². The molecule has 1 aromatic carbocycles. The number of urea groups is 2. The molecule has 1 saturated heterocycles. The number of aryl methyl sites for hydroxylation is 1. The number of hydrogen-bond acceptors (Lipinski definition) is 5. The first kappa shape index (κ1) is 18.5. The average Bonchev–Trinajstić information content (AvgIpc) is 3.25. The van der Waals surface area contributed by atoms with Crippen molar-refractivity contribution < 1.29 is 18.0 Å². The lowest BCUT2D eigenvalue weighted by atomic mass is 9.86. The van der Waals surface area contributed by atoms with E-state index in [1.54, 1.807) is 15.8 Å². The number of fused-ring (bicyclic) bond motifs is 1. The number of rotatable bonds is 2. The SMILES string of the molecule is Cn1cc(C2CN(C(=O)N3CCN(S(C)(=O)=O)C3=O)Cc3ccccc32)cn1. The third kappa shape index (κ3) is 3.13. The van der Waals surface area contributed by atoms with Crippen LogP contribution in [0.5, 0.6) is 0 Å². The minimum absolute atomic E-state index is 0.0140. The maximum absolute atomic E-state index is 13.1. The van der Waals surface area contributed by atoms with Crippen LogP contribution in [0, 0.1) is 0 Å². The van der Waals surface area contributed by atoms with Crippen LogP contribution < -0.4 is 0 Å². The lowest BCUT2D eigenvalue weighted by Crippen LogP contribution is -2.48. The zero-order valence-corrected chi connectivity index (χ0v) is 16.5. The predicted molar refractivity (Wildman–Crippen MR) is 101 cm³/mol. The number of imide groups is 1. The van der Waals surface area contributed by atoms with Crippen LogP contribution in [0.3, 0.4) is 0 Å². The van der Waals surface area contributed by atoms with Crippen LogP contribution >= 0.6 is 0 Å². The van der Waals surface area contributed by atoms with E-state index in [1.165, 1.54) is 0 Å². The van der Waals surface area contributed by atoms with E-state index < -0.39 is 22.1 Å².